The van der Waals surface area contributed by atoms with Crippen molar-refractivity contribution in [2.45, 2.75) is 12.3 Å². The van der Waals surface area contributed by atoms with Crippen LogP contribution in [0.1, 0.15) is 22.1 Å². The van der Waals surface area contributed by atoms with Crippen molar-refractivity contribution < 1.29 is 17.6 Å². The van der Waals surface area contributed by atoms with E-state index >= 15 is 0 Å². The van der Waals surface area contributed by atoms with E-state index in [0.29, 0.717) is 17.7 Å². The van der Waals surface area contributed by atoms with E-state index in [1.807, 2.05) is 0 Å². The molecule has 0 saturated carbocycles. The molecule has 0 fully saturated rings. The summed E-state index contributed by atoms with van der Waals surface area (Å²) in [7, 11) is 0. The highest BCUT2D eigenvalue weighted by Gasteiger charge is 2.23. The average Bonchev–Trinajstić information content (AvgIpc) is 2.30. The highest BCUT2D eigenvalue weighted by Crippen LogP contribution is 2.34. The molecule has 5 heteroatoms. The Balaban J connectivity index is 2.56. The fraction of sp³-hybridized carbons (Fsp3) is 0.143. The van der Waals surface area contributed by atoms with Gasteiger partial charge in [-0.25, -0.2) is 17.6 Å². The molecule has 0 radical (unpaired) electrons. The Kier molecular flexibility index (Phi) is 3.80. The van der Waals surface area contributed by atoms with Gasteiger partial charge in [0, 0.05) is 23.3 Å². The van der Waals surface area contributed by atoms with Gasteiger partial charge in [0.2, 0.25) is 0 Å². The highest BCUT2D eigenvalue weighted by molar-refractivity contribution is 6.22. The third-order valence-electron chi connectivity index (χ3n) is 2.72. The summed E-state index contributed by atoms with van der Waals surface area (Å²) >= 11 is 5.93. The molecular formula is C14H9ClF4. The maximum atomic E-state index is 13.6. The third kappa shape index (κ3) is 2.73. The van der Waals surface area contributed by atoms with Crippen molar-refractivity contribution in [3.8, 4) is 0 Å². The van der Waals surface area contributed by atoms with Crippen LogP contribution in [0.3, 0.4) is 0 Å². The molecule has 0 bridgehead atoms. The second-order valence-electron chi connectivity index (χ2n) is 4.17. The Labute approximate surface area is 112 Å². The zero-order valence-corrected chi connectivity index (χ0v) is 10.6. The topological polar surface area (TPSA) is 0 Å². The number of aryl methyl sites for hydroxylation is 1. The molecule has 0 aliphatic rings. The van der Waals surface area contributed by atoms with Crippen molar-refractivity contribution in [2.75, 3.05) is 0 Å². The van der Waals surface area contributed by atoms with Gasteiger partial charge in [-0.3, -0.25) is 0 Å². The molecule has 2 aromatic carbocycles. The number of halogens is 5. The van der Waals surface area contributed by atoms with Gasteiger partial charge in [0.25, 0.3) is 0 Å². The van der Waals surface area contributed by atoms with Gasteiger partial charge >= 0.3 is 0 Å². The number of benzene rings is 2. The van der Waals surface area contributed by atoms with Crippen molar-refractivity contribution in [1.29, 1.82) is 0 Å². The lowest BCUT2D eigenvalue weighted by molar-refractivity contribution is 0.523. The molecule has 0 spiro atoms. The summed E-state index contributed by atoms with van der Waals surface area (Å²) in [6.45, 7) is 1.70. The van der Waals surface area contributed by atoms with Crippen molar-refractivity contribution in [2.24, 2.45) is 0 Å². The maximum Gasteiger partial charge on any atom is 0.134 e. The first kappa shape index (κ1) is 13.9. The molecule has 0 heterocycles. The van der Waals surface area contributed by atoms with Crippen LogP contribution >= 0.6 is 11.6 Å². The van der Waals surface area contributed by atoms with E-state index in [0.717, 1.165) is 0 Å². The van der Waals surface area contributed by atoms with Crippen LogP contribution in [-0.2, 0) is 0 Å². The van der Waals surface area contributed by atoms with Crippen molar-refractivity contribution in [3.05, 3.63) is 70.3 Å². The largest absolute Gasteiger partial charge is 0.207 e. The van der Waals surface area contributed by atoms with Crippen LogP contribution in [0, 0.1) is 30.2 Å². The molecule has 0 aliphatic heterocycles. The molecule has 0 aromatic heterocycles. The first-order valence-electron chi connectivity index (χ1n) is 5.44. The molecule has 0 amide bonds. The van der Waals surface area contributed by atoms with Gasteiger partial charge in [0.15, 0.2) is 0 Å². The molecule has 0 saturated heterocycles. The minimum atomic E-state index is -1.36. The molecule has 2 rings (SSSR count). The Hall–Kier alpha value is -1.55. The number of hydrogen-bond donors (Lipinski definition) is 0. The van der Waals surface area contributed by atoms with Crippen LogP contribution in [0.5, 0.6) is 0 Å². The molecular weight excluding hydrogens is 280 g/mol. The average molecular weight is 289 g/mol. The predicted octanol–water partition coefficient (Wildman–Crippen LogP) is 4.88. The standard InChI is InChI=1S/C14H9ClF4/c1-7-2-3-10(17)9(4-7)14(15)13-11(18)5-8(16)6-12(13)19/h2-6,14H,1H3. The summed E-state index contributed by atoms with van der Waals surface area (Å²) in [4.78, 5) is 0. The first-order valence-corrected chi connectivity index (χ1v) is 5.88. The molecule has 19 heavy (non-hydrogen) atoms. The van der Waals surface area contributed by atoms with E-state index < -0.39 is 34.2 Å². The van der Waals surface area contributed by atoms with Crippen LogP contribution in [0.4, 0.5) is 17.6 Å². The summed E-state index contributed by atoms with van der Waals surface area (Å²) < 4.78 is 53.7. The smallest absolute Gasteiger partial charge is 0.134 e. The number of rotatable bonds is 2. The van der Waals surface area contributed by atoms with E-state index in [2.05, 4.69) is 0 Å². The first-order chi connectivity index (χ1) is 8.90. The van der Waals surface area contributed by atoms with Crippen molar-refractivity contribution in [3.63, 3.8) is 0 Å². The second-order valence-corrected chi connectivity index (χ2v) is 4.61. The van der Waals surface area contributed by atoms with Gasteiger partial charge in [0.05, 0.1) is 5.38 Å². The van der Waals surface area contributed by atoms with Crippen LogP contribution in [-0.4, -0.2) is 0 Å². The fourth-order valence-electron chi connectivity index (χ4n) is 1.81. The number of alkyl halides is 1. The number of hydrogen-bond acceptors (Lipinski definition) is 0. The molecule has 1 unspecified atom stereocenters. The molecule has 0 N–H and O–H groups in total. The lowest BCUT2D eigenvalue weighted by Gasteiger charge is -2.14. The quantitative estimate of drug-likeness (QED) is 0.546. The SMILES string of the molecule is Cc1ccc(F)c(C(Cl)c2c(F)cc(F)cc2F)c1. The van der Waals surface area contributed by atoms with Crippen LogP contribution < -0.4 is 0 Å². The minimum absolute atomic E-state index is 0.0499. The maximum absolute atomic E-state index is 13.6. The van der Waals surface area contributed by atoms with Gasteiger partial charge in [-0.15, -0.1) is 11.6 Å². The van der Waals surface area contributed by atoms with Crippen molar-refractivity contribution >= 4 is 11.6 Å². The monoisotopic (exact) mass is 288 g/mol. The lowest BCUT2D eigenvalue weighted by atomic mass is 10.0. The van der Waals surface area contributed by atoms with Crippen LogP contribution in [0.2, 0.25) is 0 Å². The van der Waals surface area contributed by atoms with Gasteiger partial charge in [-0.2, -0.15) is 0 Å². The zero-order valence-electron chi connectivity index (χ0n) is 9.85. The third-order valence-corrected chi connectivity index (χ3v) is 3.18. The summed E-state index contributed by atoms with van der Waals surface area (Å²) in [6, 6.07) is 5.11. The molecule has 0 aliphatic carbocycles. The van der Waals surface area contributed by atoms with E-state index in [9.17, 15) is 17.6 Å². The Morgan fingerprint density at radius 3 is 2.05 bits per heavy atom. The lowest BCUT2D eigenvalue weighted by Crippen LogP contribution is -2.04. The van der Waals surface area contributed by atoms with Gasteiger partial charge in [-0.1, -0.05) is 17.7 Å². The Morgan fingerprint density at radius 2 is 1.47 bits per heavy atom. The van der Waals surface area contributed by atoms with E-state index in [1.54, 1.807) is 6.92 Å². The summed E-state index contributed by atoms with van der Waals surface area (Å²) in [5.74, 6) is -4.00. The summed E-state index contributed by atoms with van der Waals surface area (Å²) in [5.41, 5.74) is 0.0867. The van der Waals surface area contributed by atoms with Crippen LogP contribution in [0.25, 0.3) is 0 Å². The minimum Gasteiger partial charge on any atom is -0.207 e. The molecule has 1 atom stereocenters. The highest BCUT2D eigenvalue weighted by atomic mass is 35.5. The summed E-state index contributed by atoms with van der Waals surface area (Å²) in [6.07, 6.45) is 0. The normalized spacial score (nSPS) is 12.5. The van der Waals surface area contributed by atoms with E-state index in [1.165, 1.54) is 18.2 Å². The predicted molar refractivity (Wildman–Crippen MR) is 65.1 cm³/mol. The zero-order chi connectivity index (χ0) is 14.2. The van der Waals surface area contributed by atoms with E-state index in [4.69, 9.17) is 11.6 Å². The second kappa shape index (κ2) is 5.21. The Morgan fingerprint density at radius 1 is 0.895 bits per heavy atom. The van der Waals surface area contributed by atoms with Crippen LogP contribution in [0.15, 0.2) is 30.3 Å². The van der Waals surface area contributed by atoms with Crippen molar-refractivity contribution in [1.82, 2.24) is 0 Å². The van der Waals surface area contributed by atoms with Gasteiger partial charge in [0.1, 0.15) is 23.3 Å². The van der Waals surface area contributed by atoms with Gasteiger partial charge in [-0.05, 0) is 13.0 Å². The Bertz CT molecular complexity index is 602. The summed E-state index contributed by atoms with van der Waals surface area (Å²) in [5, 5.41) is -1.36. The molecule has 100 valence electrons. The fourth-order valence-corrected chi connectivity index (χ4v) is 2.18. The molecule has 0 nitrogen and oxygen atoms in total. The van der Waals surface area contributed by atoms with Gasteiger partial charge < -0.3 is 0 Å². The molecule has 2 aromatic rings. The van der Waals surface area contributed by atoms with E-state index in [-0.39, 0.29) is 5.56 Å².